The maximum atomic E-state index is 12.3. The van der Waals surface area contributed by atoms with Crippen LogP contribution in [-0.4, -0.2) is 57.4 Å². The van der Waals surface area contributed by atoms with Crippen molar-refractivity contribution in [1.82, 2.24) is 5.32 Å². The summed E-state index contributed by atoms with van der Waals surface area (Å²) in [7, 11) is -1.98. The predicted octanol–water partition coefficient (Wildman–Crippen LogP) is 1.42. The summed E-state index contributed by atoms with van der Waals surface area (Å²) in [5, 5.41) is 2.49. The van der Waals surface area contributed by atoms with Crippen LogP contribution < -0.4 is 15.0 Å². The third-order valence-corrected chi connectivity index (χ3v) is 6.95. The van der Waals surface area contributed by atoms with Gasteiger partial charge in [0.15, 0.2) is 11.8 Å². The van der Waals surface area contributed by atoms with Crippen LogP contribution in [0.2, 0.25) is 0 Å². The van der Waals surface area contributed by atoms with E-state index in [1.807, 2.05) is 0 Å². The fourth-order valence-electron chi connectivity index (χ4n) is 3.05. The number of imide groups is 1. The van der Waals surface area contributed by atoms with E-state index < -0.39 is 34.4 Å². The van der Waals surface area contributed by atoms with E-state index in [0.29, 0.717) is 15.8 Å². The van der Waals surface area contributed by atoms with Crippen LogP contribution in [0.3, 0.4) is 0 Å². The van der Waals surface area contributed by atoms with Gasteiger partial charge in [-0.1, -0.05) is 0 Å². The Bertz CT molecular complexity index is 1240. The molecule has 0 radical (unpaired) electrons. The van der Waals surface area contributed by atoms with Crippen molar-refractivity contribution in [2.75, 3.05) is 30.9 Å². The minimum absolute atomic E-state index is 0.0787. The summed E-state index contributed by atoms with van der Waals surface area (Å²) in [4.78, 5) is 38.9. The number of ether oxygens (including phenoxy) is 2. The molecule has 0 aliphatic carbocycles. The number of nitrogens with zero attached hydrogens (tertiary/aromatic N) is 2. The molecule has 2 heterocycles. The van der Waals surface area contributed by atoms with Crippen LogP contribution in [0.15, 0.2) is 51.8 Å². The number of methoxy groups -OCH3 is 1. The van der Waals surface area contributed by atoms with Gasteiger partial charge in [0.1, 0.15) is 5.75 Å². The third-order valence-electron chi connectivity index (χ3n) is 4.65. The summed E-state index contributed by atoms with van der Waals surface area (Å²) < 4.78 is 37.2. The number of anilines is 1. The highest BCUT2D eigenvalue weighted by Gasteiger charge is 2.33. The first kappa shape index (κ1) is 21.8. The standard InChI is InChI=1S/C20H17N3O7S2/c1-29-14-5-2-12(3-6-14)18(25)21-17(24)11-30-19(26)13-4-7-15-16(10-13)31-20-22-32(27,28)9-8-23(15)20/h2-7,10H,8-9,11H2,1H3,(H,21,24,25). The Hall–Kier alpha value is -3.38. The Morgan fingerprint density at radius 2 is 1.84 bits per heavy atom. The van der Waals surface area contributed by atoms with E-state index in [0.717, 1.165) is 17.4 Å². The average Bonchev–Trinajstić information content (AvgIpc) is 3.12. The lowest BCUT2D eigenvalue weighted by molar-refractivity contribution is -0.123. The zero-order chi connectivity index (χ0) is 22.9. The lowest BCUT2D eigenvalue weighted by Gasteiger charge is -2.22. The van der Waals surface area contributed by atoms with Crippen LogP contribution >= 0.6 is 11.8 Å². The minimum atomic E-state index is -3.48. The molecule has 166 valence electrons. The van der Waals surface area contributed by atoms with Crippen molar-refractivity contribution >= 4 is 50.4 Å². The fourth-order valence-corrected chi connectivity index (χ4v) is 5.35. The van der Waals surface area contributed by atoms with Gasteiger partial charge in [0.25, 0.3) is 21.8 Å². The molecule has 0 unspecified atom stereocenters. The summed E-state index contributed by atoms with van der Waals surface area (Å²) in [5.41, 5.74) is 1.19. The van der Waals surface area contributed by atoms with Gasteiger partial charge >= 0.3 is 5.97 Å². The largest absolute Gasteiger partial charge is 0.497 e. The van der Waals surface area contributed by atoms with Crippen molar-refractivity contribution in [3.63, 3.8) is 0 Å². The van der Waals surface area contributed by atoms with Crippen molar-refractivity contribution in [3.05, 3.63) is 53.6 Å². The van der Waals surface area contributed by atoms with Gasteiger partial charge in [0.2, 0.25) is 0 Å². The summed E-state index contributed by atoms with van der Waals surface area (Å²) >= 11 is 1.14. The van der Waals surface area contributed by atoms with Crippen molar-refractivity contribution in [1.29, 1.82) is 0 Å². The van der Waals surface area contributed by atoms with Crippen LogP contribution in [0.5, 0.6) is 5.75 Å². The number of fused-ring (bicyclic) bond motifs is 3. The molecule has 1 N–H and O–H groups in total. The minimum Gasteiger partial charge on any atom is -0.497 e. The second-order valence-electron chi connectivity index (χ2n) is 6.78. The van der Waals surface area contributed by atoms with Crippen molar-refractivity contribution in [2.45, 2.75) is 4.90 Å². The number of amides is 2. The molecule has 0 saturated heterocycles. The van der Waals surface area contributed by atoms with Gasteiger partial charge < -0.3 is 14.4 Å². The Labute approximate surface area is 187 Å². The molecule has 0 atom stereocenters. The Morgan fingerprint density at radius 3 is 2.56 bits per heavy atom. The highest BCUT2D eigenvalue weighted by molar-refractivity contribution is 8.15. The normalized spacial score (nSPS) is 15.8. The molecule has 0 aromatic heterocycles. The number of benzene rings is 2. The molecule has 2 amide bonds. The predicted molar refractivity (Wildman–Crippen MR) is 117 cm³/mol. The highest BCUT2D eigenvalue weighted by atomic mass is 32.2. The Kier molecular flexibility index (Phi) is 5.89. The molecule has 12 heteroatoms. The third kappa shape index (κ3) is 4.60. The molecule has 0 saturated carbocycles. The molecule has 2 aromatic rings. The quantitative estimate of drug-likeness (QED) is 0.638. The SMILES string of the molecule is COc1ccc(C(=O)NC(=O)COC(=O)c2ccc3c(c2)SC2=NS(=O)(=O)CCN23)cc1. The zero-order valence-corrected chi connectivity index (χ0v) is 18.4. The molecule has 2 aromatic carbocycles. The molecule has 10 nitrogen and oxygen atoms in total. The van der Waals surface area contributed by atoms with E-state index in [4.69, 9.17) is 9.47 Å². The van der Waals surface area contributed by atoms with Gasteiger partial charge in [-0.25, -0.2) is 13.2 Å². The van der Waals surface area contributed by atoms with Gasteiger partial charge in [-0.15, -0.1) is 4.40 Å². The van der Waals surface area contributed by atoms with Gasteiger partial charge in [-0.05, 0) is 54.2 Å². The topological polar surface area (TPSA) is 131 Å². The number of esters is 1. The summed E-state index contributed by atoms with van der Waals surface area (Å²) in [6.45, 7) is -0.352. The molecule has 32 heavy (non-hydrogen) atoms. The monoisotopic (exact) mass is 475 g/mol. The van der Waals surface area contributed by atoms with Crippen LogP contribution in [-0.2, 0) is 19.6 Å². The molecule has 0 fully saturated rings. The molecule has 4 rings (SSSR count). The Morgan fingerprint density at radius 1 is 1.12 bits per heavy atom. The maximum absolute atomic E-state index is 12.3. The summed E-state index contributed by atoms with van der Waals surface area (Å²) in [5.74, 6) is -1.66. The lowest BCUT2D eigenvalue weighted by Crippen LogP contribution is -2.35. The number of amidine groups is 1. The average molecular weight is 476 g/mol. The Balaban J connectivity index is 1.35. The number of rotatable bonds is 5. The number of nitrogens with one attached hydrogen (secondary N) is 1. The smallest absolute Gasteiger partial charge is 0.338 e. The molecule has 0 spiro atoms. The van der Waals surface area contributed by atoms with E-state index in [9.17, 15) is 22.8 Å². The first-order chi connectivity index (χ1) is 15.3. The fraction of sp³-hybridized carbons (Fsp3) is 0.200. The first-order valence-corrected chi connectivity index (χ1v) is 11.8. The number of hydrogen-bond acceptors (Lipinski definition) is 9. The van der Waals surface area contributed by atoms with Crippen molar-refractivity contribution < 1.29 is 32.3 Å². The van der Waals surface area contributed by atoms with Crippen molar-refractivity contribution in [2.24, 2.45) is 4.40 Å². The van der Waals surface area contributed by atoms with E-state index >= 15 is 0 Å². The molecule has 2 aliphatic heterocycles. The lowest BCUT2D eigenvalue weighted by atomic mass is 10.2. The van der Waals surface area contributed by atoms with Gasteiger partial charge in [0, 0.05) is 17.0 Å². The molecular weight excluding hydrogens is 458 g/mol. The van der Waals surface area contributed by atoms with E-state index in [1.165, 1.54) is 25.3 Å². The number of sulfonamides is 1. The molecular formula is C20H17N3O7S2. The van der Waals surface area contributed by atoms with Crippen LogP contribution in [0.25, 0.3) is 0 Å². The molecule has 0 bridgehead atoms. The van der Waals surface area contributed by atoms with E-state index in [-0.39, 0.29) is 23.4 Å². The number of thioether (sulfide) groups is 1. The van der Waals surface area contributed by atoms with Gasteiger partial charge in [-0.3, -0.25) is 14.9 Å². The number of carbonyl (C=O) groups excluding carboxylic acids is 3. The van der Waals surface area contributed by atoms with Gasteiger partial charge in [-0.2, -0.15) is 0 Å². The van der Waals surface area contributed by atoms with Gasteiger partial charge in [0.05, 0.1) is 24.1 Å². The molecule has 2 aliphatic rings. The van der Waals surface area contributed by atoms with Crippen molar-refractivity contribution in [3.8, 4) is 5.75 Å². The van der Waals surface area contributed by atoms with E-state index in [1.54, 1.807) is 29.2 Å². The number of carbonyl (C=O) groups is 3. The summed E-state index contributed by atoms with van der Waals surface area (Å²) in [6.07, 6.45) is 0. The maximum Gasteiger partial charge on any atom is 0.338 e. The summed E-state index contributed by atoms with van der Waals surface area (Å²) in [6, 6.07) is 10.9. The highest BCUT2D eigenvalue weighted by Crippen LogP contribution is 2.42. The number of hydrogen-bond donors (Lipinski definition) is 1. The first-order valence-electron chi connectivity index (χ1n) is 9.33. The van der Waals surface area contributed by atoms with Crippen LogP contribution in [0.1, 0.15) is 20.7 Å². The second-order valence-corrected chi connectivity index (χ2v) is 9.54. The van der Waals surface area contributed by atoms with Crippen LogP contribution in [0.4, 0.5) is 5.69 Å². The second kappa shape index (κ2) is 8.63. The van der Waals surface area contributed by atoms with E-state index in [2.05, 4.69) is 9.71 Å². The zero-order valence-electron chi connectivity index (χ0n) is 16.7. The van der Waals surface area contributed by atoms with Crippen LogP contribution in [0, 0.1) is 0 Å².